The molecule has 0 bridgehead atoms. The molecule has 0 saturated heterocycles. The molecule has 0 spiro atoms. The normalized spacial score (nSPS) is 11.5. The molecule has 0 saturated carbocycles. The first-order valence-corrected chi connectivity index (χ1v) is 7.12. The van der Waals surface area contributed by atoms with Gasteiger partial charge in [0, 0.05) is 19.4 Å². The number of nitrogens with two attached hydrogens (primary N) is 2. The van der Waals surface area contributed by atoms with Gasteiger partial charge in [-0.2, -0.15) is 4.98 Å². The largest absolute Gasteiger partial charge is 0.457 e. The second-order valence-electron chi connectivity index (χ2n) is 4.88. The maximum absolute atomic E-state index is 13.3. The van der Waals surface area contributed by atoms with Gasteiger partial charge in [-0.05, 0) is 24.3 Å². The molecule has 0 unspecified atom stereocenters. The average molecular weight is 354 g/mol. The number of aromatic nitrogens is 2. The molecule has 1 aromatic carbocycles. The first-order valence-electron chi connectivity index (χ1n) is 7.12. The van der Waals surface area contributed by atoms with Crippen LogP contribution < -0.4 is 26.6 Å². The summed E-state index contributed by atoms with van der Waals surface area (Å²) < 4.78 is 44.1. The van der Waals surface area contributed by atoms with E-state index in [1.165, 1.54) is 18.5 Å². The van der Waals surface area contributed by atoms with Crippen molar-refractivity contribution in [1.29, 1.82) is 0 Å². The number of nitrogens with zero attached hydrogens (tertiary/aromatic N) is 3. The Bertz CT molecular complexity index is 756. The van der Waals surface area contributed by atoms with Crippen LogP contribution in [0.3, 0.4) is 0 Å². The predicted octanol–water partition coefficient (Wildman–Crippen LogP) is 2.15. The summed E-state index contributed by atoms with van der Waals surface area (Å²) in [6.07, 6.45) is -0.174. The van der Waals surface area contributed by atoms with Crippen LogP contribution in [0.2, 0.25) is 0 Å². The van der Waals surface area contributed by atoms with Crippen molar-refractivity contribution < 1.29 is 17.9 Å². The first kappa shape index (κ1) is 18.3. The van der Waals surface area contributed by atoms with Crippen LogP contribution in [0.5, 0.6) is 6.01 Å². The van der Waals surface area contributed by atoms with Gasteiger partial charge in [-0.3, -0.25) is 5.01 Å². The van der Waals surface area contributed by atoms with Crippen LogP contribution in [0, 0.1) is 5.82 Å². The summed E-state index contributed by atoms with van der Waals surface area (Å²) in [5, 5.41) is 3.83. The van der Waals surface area contributed by atoms with Crippen LogP contribution >= 0.6 is 0 Å². The lowest BCUT2D eigenvalue weighted by molar-refractivity contribution is 0.146. The molecule has 0 atom stereocenters. The molecule has 2 aromatic rings. The van der Waals surface area contributed by atoms with Crippen molar-refractivity contribution in [3.05, 3.63) is 53.7 Å². The molecular weight excluding hydrogens is 337 g/mol. The quantitative estimate of drug-likeness (QED) is 0.517. The number of halogens is 3. The van der Waals surface area contributed by atoms with Crippen molar-refractivity contribution in [1.82, 2.24) is 9.97 Å². The third-order valence-electron chi connectivity index (χ3n) is 3.08. The third-order valence-corrected chi connectivity index (χ3v) is 3.08. The van der Waals surface area contributed by atoms with E-state index in [0.29, 0.717) is 5.82 Å². The molecule has 5 N–H and O–H groups in total. The van der Waals surface area contributed by atoms with E-state index in [9.17, 15) is 13.2 Å². The van der Waals surface area contributed by atoms with Gasteiger partial charge >= 0.3 is 6.01 Å². The summed E-state index contributed by atoms with van der Waals surface area (Å²) in [7, 11) is 1.70. The van der Waals surface area contributed by atoms with Gasteiger partial charge in [-0.15, -0.1) is 0 Å². The van der Waals surface area contributed by atoms with E-state index >= 15 is 0 Å². The van der Waals surface area contributed by atoms with Crippen LogP contribution in [0.25, 0.3) is 0 Å². The van der Waals surface area contributed by atoms with E-state index in [4.69, 9.17) is 16.3 Å². The molecule has 10 heteroatoms. The van der Waals surface area contributed by atoms with E-state index in [1.54, 1.807) is 13.1 Å². The van der Waals surface area contributed by atoms with Crippen LogP contribution in [0.1, 0.15) is 12.0 Å². The van der Waals surface area contributed by atoms with Crippen molar-refractivity contribution in [2.24, 2.45) is 11.6 Å². The van der Waals surface area contributed by atoms with Crippen molar-refractivity contribution in [3.8, 4) is 6.01 Å². The minimum atomic E-state index is -2.95. The van der Waals surface area contributed by atoms with Gasteiger partial charge in [0.2, 0.25) is 0 Å². The van der Waals surface area contributed by atoms with E-state index in [2.05, 4.69) is 15.3 Å². The maximum atomic E-state index is 13.3. The first-order chi connectivity index (χ1) is 11.9. The molecule has 7 nitrogen and oxygen atoms in total. The standard InChI is InChI=1S/C15H17F3N6O/c1-21-13-4-5-22-15(23-13)25-8-9(19)7-24(20)10-2-3-12(16)11(6-10)14(17)18/h2-7,14H,8,19-20H2,1H3,(H,21,22,23)/b9-7-. The summed E-state index contributed by atoms with van der Waals surface area (Å²) >= 11 is 0. The number of rotatable bonds is 7. The molecule has 1 aromatic heterocycles. The van der Waals surface area contributed by atoms with Gasteiger partial charge in [0.15, 0.2) is 0 Å². The number of nitrogens with one attached hydrogen (secondary N) is 1. The topological polar surface area (TPSA) is 102 Å². The smallest absolute Gasteiger partial charge is 0.318 e. The fourth-order valence-corrected chi connectivity index (χ4v) is 1.85. The van der Waals surface area contributed by atoms with E-state index in [-0.39, 0.29) is 24.0 Å². The molecule has 0 aliphatic carbocycles. The van der Waals surface area contributed by atoms with Crippen LogP contribution in [0.4, 0.5) is 24.7 Å². The van der Waals surface area contributed by atoms with Gasteiger partial charge in [-0.25, -0.2) is 24.0 Å². The minimum absolute atomic E-state index is 0.0796. The van der Waals surface area contributed by atoms with E-state index < -0.39 is 17.8 Å². The van der Waals surface area contributed by atoms with Crippen molar-refractivity contribution in [3.63, 3.8) is 0 Å². The molecule has 0 fully saturated rings. The lowest BCUT2D eigenvalue weighted by atomic mass is 10.2. The zero-order chi connectivity index (χ0) is 18.4. The zero-order valence-electron chi connectivity index (χ0n) is 13.3. The lowest BCUT2D eigenvalue weighted by Gasteiger charge is -2.16. The molecule has 134 valence electrons. The zero-order valence-corrected chi connectivity index (χ0v) is 13.3. The summed E-state index contributed by atoms with van der Waals surface area (Å²) in [6.45, 7) is -0.0796. The summed E-state index contributed by atoms with van der Waals surface area (Å²) in [5.74, 6) is 5.31. The lowest BCUT2D eigenvalue weighted by Crippen LogP contribution is -2.27. The fourth-order valence-electron chi connectivity index (χ4n) is 1.85. The molecule has 25 heavy (non-hydrogen) atoms. The highest BCUT2D eigenvalue weighted by atomic mass is 19.3. The van der Waals surface area contributed by atoms with Crippen molar-refractivity contribution in [2.75, 3.05) is 24.0 Å². The van der Waals surface area contributed by atoms with Crippen molar-refractivity contribution in [2.45, 2.75) is 6.43 Å². The fraction of sp³-hybridized carbons (Fsp3) is 0.200. The Hall–Kier alpha value is -3.01. The second kappa shape index (κ2) is 8.20. The molecule has 0 radical (unpaired) electrons. The average Bonchev–Trinajstić information content (AvgIpc) is 2.60. The second-order valence-corrected chi connectivity index (χ2v) is 4.88. The molecule has 1 heterocycles. The van der Waals surface area contributed by atoms with Crippen LogP contribution in [-0.2, 0) is 0 Å². The van der Waals surface area contributed by atoms with Crippen molar-refractivity contribution >= 4 is 11.5 Å². The van der Waals surface area contributed by atoms with Gasteiger partial charge in [0.25, 0.3) is 6.43 Å². The van der Waals surface area contributed by atoms with E-state index in [1.807, 2.05) is 0 Å². The van der Waals surface area contributed by atoms with Crippen LogP contribution in [-0.4, -0.2) is 23.6 Å². The molecule has 0 aliphatic rings. The number of hydrogen-bond donors (Lipinski definition) is 3. The number of benzene rings is 1. The van der Waals surface area contributed by atoms with Crippen LogP contribution in [0.15, 0.2) is 42.4 Å². The van der Waals surface area contributed by atoms with Gasteiger partial charge < -0.3 is 15.8 Å². The SMILES string of the molecule is CNc1ccnc(OC/C(N)=C/N(N)c2ccc(F)c(C(F)F)c2)n1. The molecular formula is C15H17F3N6O. The summed E-state index contributed by atoms with van der Waals surface area (Å²) in [6, 6.07) is 4.88. The van der Waals surface area contributed by atoms with Gasteiger partial charge in [0.1, 0.15) is 18.2 Å². The highest BCUT2D eigenvalue weighted by Gasteiger charge is 2.15. The third kappa shape index (κ3) is 4.98. The Morgan fingerprint density at radius 1 is 1.40 bits per heavy atom. The van der Waals surface area contributed by atoms with Gasteiger partial charge in [-0.1, -0.05) is 0 Å². The number of ether oxygens (including phenoxy) is 1. The number of anilines is 2. The summed E-state index contributed by atoms with van der Waals surface area (Å²) in [5.41, 5.74) is 5.37. The molecule has 0 amide bonds. The predicted molar refractivity (Wildman–Crippen MR) is 87.4 cm³/mol. The summed E-state index contributed by atoms with van der Waals surface area (Å²) in [4.78, 5) is 7.96. The Labute approximate surface area is 142 Å². The Balaban J connectivity index is 2.04. The molecule has 0 aliphatic heterocycles. The maximum Gasteiger partial charge on any atom is 0.318 e. The number of hydrazine groups is 1. The monoisotopic (exact) mass is 354 g/mol. The highest BCUT2D eigenvalue weighted by Crippen LogP contribution is 2.26. The Morgan fingerprint density at radius 2 is 2.16 bits per heavy atom. The van der Waals surface area contributed by atoms with E-state index in [0.717, 1.165) is 17.1 Å². The number of alkyl halides is 2. The minimum Gasteiger partial charge on any atom is -0.457 e. The number of hydrogen-bond acceptors (Lipinski definition) is 7. The Kier molecular flexibility index (Phi) is 6.01. The highest BCUT2D eigenvalue weighted by molar-refractivity contribution is 5.50. The molecule has 2 rings (SSSR count). The van der Waals surface area contributed by atoms with Gasteiger partial charge in [0.05, 0.1) is 16.9 Å². The Morgan fingerprint density at radius 3 is 2.84 bits per heavy atom.